The zero-order valence-electron chi connectivity index (χ0n) is 35.1. The van der Waals surface area contributed by atoms with Crippen molar-refractivity contribution in [1.82, 2.24) is 35.4 Å². The lowest BCUT2D eigenvalue weighted by atomic mass is 9.99. The van der Waals surface area contributed by atoms with Gasteiger partial charge in [0.2, 0.25) is 12.8 Å². The number of hydrogen-bond donors (Lipinski definition) is 4. The Labute approximate surface area is 360 Å². The van der Waals surface area contributed by atoms with Crippen LogP contribution < -0.4 is 22.1 Å². The maximum absolute atomic E-state index is 11.1. The molecule has 6 N–H and O–H groups in total. The van der Waals surface area contributed by atoms with E-state index in [2.05, 4.69) is 31.7 Å². The second kappa shape index (κ2) is 28.3. The van der Waals surface area contributed by atoms with Crippen molar-refractivity contribution in [3.8, 4) is 11.3 Å². The molecule has 3 aromatic heterocycles. The molecule has 0 saturated carbocycles. The van der Waals surface area contributed by atoms with Gasteiger partial charge in [0.15, 0.2) is 11.2 Å². The highest BCUT2D eigenvalue weighted by molar-refractivity contribution is 5.99. The largest absolute Gasteiger partial charge is 0.424 e. The number of anilines is 2. The summed E-state index contributed by atoms with van der Waals surface area (Å²) in [6.45, 7) is 9.17. The number of carbonyl (C=O) groups is 2. The Bertz CT molecular complexity index is 2050. The van der Waals surface area contributed by atoms with Crippen molar-refractivity contribution in [1.29, 1.82) is 0 Å². The molecule has 5 aromatic rings. The van der Waals surface area contributed by atoms with E-state index in [4.69, 9.17) is 58.9 Å². The summed E-state index contributed by atoms with van der Waals surface area (Å²) in [5.41, 5.74) is 18.5. The van der Waals surface area contributed by atoms with Crippen LogP contribution in [0.1, 0.15) is 29.5 Å². The Morgan fingerprint density at radius 2 is 1.24 bits per heavy atom. The predicted octanol–water partition coefficient (Wildman–Crippen LogP) is 2.29. The minimum absolute atomic E-state index is 0.0904. The number of carbonyl (C=O) groups excluding carboxylic acids is 2. The van der Waals surface area contributed by atoms with Gasteiger partial charge in [0, 0.05) is 25.3 Å². The van der Waals surface area contributed by atoms with Crippen molar-refractivity contribution >= 4 is 46.8 Å². The van der Waals surface area contributed by atoms with Gasteiger partial charge in [-0.1, -0.05) is 18.2 Å². The molecule has 20 heteroatoms. The molecule has 2 amide bonds. The highest BCUT2D eigenvalue weighted by atomic mass is 16.6. The molecular weight excluding hydrogens is 807 g/mol. The molecule has 0 saturated heterocycles. The zero-order valence-corrected chi connectivity index (χ0v) is 35.1. The smallest absolute Gasteiger partial charge is 0.292 e. The number of nitrogens with one attached hydrogen (secondary N) is 2. The number of benzene rings is 2. The van der Waals surface area contributed by atoms with Crippen LogP contribution in [0.5, 0.6) is 0 Å². The van der Waals surface area contributed by atoms with E-state index in [0.29, 0.717) is 172 Å². The lowest BCUT2D eigenvalue weighted by Gasteiger charge is -2.13. The van der Waals surface area contributed by atoms with Crippen LogP contribution in [0.25, 0.3) is 33.4 Å². The Balaban J connectivity index is 0.895. The molecule has 0 aliphatic rings. The predicted molar refractivity (Wildman–Crippen MR) is 229 cm³/mol. The Kier molecular flexibility index (Phi) is 21.8. The first-order chi connectivity index (χ1) is 30.6. The van der Waals surface area contributed by atoms with Crippen molar-refractivity contribution < 1.29 is 51.9 Å². The SMILES string of the molecule is Nc1nc2cc(-c3nn(Cc4ccc(CNC=O)c(CCCCOCCOCCOCCOCCOCCOCCOCCOCCNC=O)c4)c4ncnc(N)c34)ccc2o1. The fraction of sp³-hybridized carbons (Fsp3) is 0.524. The van der Waals surface area contributed by atoms with Gasteiger partial charge >= 0.3 is 0 Å². The van der Waals surface area contributed by atoms with E-state index in [1.165, 1.54) is 6.33 Å². The van der Waals surface area contributed by atoms with E-state index in [9.17, 15) is 9.59 Å². The fourth-order valence-electron chi connectivity index (χ4n) is 6.29. The van der Waals surface area contributed by atoms with Crippen molar-refractivity contribution in [3.05, 3.63) is 59.4 Å². The molecule has 5 rings (SSSR count). The van der Waals surface area contributed by atoms with E-state index in [-0.39, 0.29) is 6.01 Å². The lowest BCUT2D eigenvalue weighted by molar-refractivity contribution is -0.110. The number of aryl methyl sites for hydroxylation is 1. The number of amides is 2. The first kappa shape index (κ1) is 47.7. The Morgan fingerprint density at radius 3 is 1.85 bits per heavy atom. The first-order valence-corrected chi connectivity index (χ1v) is 20.8. The van der Waals surface area contributed by atoms with Crippen LogP contribution in [-0.2, 0) is 67.0 Å². The fourth-order valence-corrected chi connectivity index (χ4v) is 6.29. The molecule has 0 bridgehead atoms. The van der Waals surface area contributed by atoms with Crippen molar-refractivity contribution in [3.63, 3.8) is 0 Å². The number of oxazole rings is 1. The van der Waals surface area contributed by atoms with Crippen LogP contribution >= 0.6 is 0 Å². The molecular formula is C42H59N9O11. The van der Waals surface area contributed by atoms with Crippen molar-refractivity contribution in [2.75, 3.05) is 124 Å². The van der Waals surface area contributed by atoms with Crippen LogP contribution in [0.15, 0.2) is 47.1 Å². The van der Waals surface area contributed by atoms with Crippen LogP contribution in [0, 0.1) is 0 Å². The quantitative estimate of drug-likeness (QED) is 0.0333. The molecule has 0 aliphatic heterocycles. The number of fused-ring (bicyclic) bond motifs is 2. The Hall–Kier alpha value is -5.32. The van der Waals surface area contributed by atoms with Gasteiger partial charge in [-0.2, -0.15) is 10.1 Å². The number of nitrogens with two attached hydrogens (primary N) is 2. The van der Waals surface area contributed by atoms with Gasteiger partial charge in [-0.05, 0) is 54.2 Å². The third-order valence-electron chi connectivity index (χ3n) is 9.28. The highest BCUT2D eigenvalue weighted by Crippen LogP contribution is 2.32. The third-order valence-corrected chi connectivity index (χ3v) is 9.28. The number of ether oxygens (including phenoxy) is 8. The van der Waals surface area contributed by atoms with E-state index in [0.717, 1.165) is 41.5 Å². The number of nitrogens with zero attached hydrogens (tertiary/aromatic N) is 5. The zero-order chi connectivity index (χ0) is 43.5. The first-order valence-electron chi connectivity index (χ1n) is 20.8. The average Bonchev–Trinajstić information content (AvgIpc) is 3.85. The molecule has 0 spiro atoms. The summed E-state index contributed by atoms with van der Waals surface area (Å²) in [5.74, 6) is 0.325. The standard InChI is InChI=1S/C42H59N9O11/c43-40-38-39(34-6-7-37-36(26-34)49-42(44)62-37)50-51(41(38)48-29-47-40)28-32-4-5-35(27-46-31-53)33(25-32)3-1-2-9-54-11-13-56-15-17-58-19-21-60-23-24-61-22-20-59-18-16-57-14-12-55-10-8-45-30-52/h4-7,25-26,29-31H,1-3,8-24,27-28H2,(H2,44,49)(H,45,52)(H,46,53)(H2,43,47,48). The van der Waals surface area contributed by atoms with Gasteiger partial charge in [-0.3, -0.25) is 9.59 Å². The van der Waals surface area contributed by atoms with Crippen LogP contribution in [-0.4, -0.2) is 150 Å². The van der Waals surface area contributed by atoms with Gasteiger partial charge in [0.05, 0.1) is 111 Å². The summed E-state index contributed by atoms with van der Waals surface area (Å²) in [5, 5.41) is 10.9. The van der Waals surface area contributed by atoms with Gasteiger partial charge < -0.3 is 64.4 Å². The van der Waals surface area contributed by atoms with Gasteiger partial charge in [-0.15, -0.1) is 0 Å². The van der Waals surface area contributed by atoms with E-state index in [1.54, 1.807) is 6.07 Å². The Morgan fingerprint density at radius 1 is 0.645 bits per heavy atom. The molecule has 2 aromatic carbocycles. The molecule has 0 aliphatic carbocycles. The molecule has 0 atom stereocenters. The van der Waals surface area contributed by atoms with E-state index >= 15 is 0 Å². The normalized spacial score (nSPS) is 11.5. The van der Waals surface area contributed by atoms with E-state index < -0.39 is 0 Å². The molecule has 62 heavy (non-hydrogen) atoms. The average molecular weight is 866 g/mol. The third kappa shape index (κ3) is 16.5. The molecule has 0 unspecified atom stereocenters. The summed E-state index contributed by atoms with van der Waals surface area (Å²) in [6, 6.07) is 11.9. The molecule has 0 fully saturated rings. The minimum atomic E-state index is 0.0904. The van der Waals surface area contributed by atoms with Crippen molar-refractivity contribution in [2.24, 2.45) is 0 Å². The highest BCUT2D eigenvalue weighted by Gasteiger charge is 2.19. The molecule has 0 radical (unpaired) electrons. The summed E-state index contributed by atoms with van der Waals surface area (Å²) in [4.78, 5) is 34.3. The maximum atomic E-state index is 11.1. The summed E-state index contributed by atoms with van der Waals surface area (Å²) in [7, 11) is 0. The minimum Gasteiger partial charge on any atom is -0.424 e. The molecule has 3 heterocycles. The number of hydrogen-bond acceptors (Lipinski definition) is 17. The molecule has 338 valence electrons. The van der Waals surface area contributed by atoms with Crippen LogP contribution in [0.3, 0.4) is 0 Å². The lowest BCUT2D eigenvalue weighted by Crippen LogP contribution is -2.19. The van der Waals surface area contributed by atoms with Gasteiger partial charge in [-0.25, -0.2) is 14.6 Å². The van der Waals surface area contributed by atoms with Crippen LogP contribution in [0.4, 0.5) is 11.8 Å². The summed E-state index contributed by atoms with van der Waals surface area (Å²) >= 11 is 0. The molecule has 20 nitrogen and oxygen atoms in total. The number of rotatable bonds is 36. The number of unbranched alkanes of at least 4 members (excludes halogenated alkanes) is 1. The number of nitrogen functional groups attached to an aromatic ring is 2. The topological polar surface area (TPSA) is 254 Å². The second-order valence-corrected chi connectivity index (χ2v) is 13.7. The van der Waals surface area contributed by atoms with Crippen LogP contribution in [0.2, 0.25) is 0 Å². The maximum Gasteiger partial charge on any atom is 0.292 e. The summed E-state index contributed by atoms with van der Waals surface area (Å²) in [6.07, 6.45) is 5.37. The monoisotopic (exact) mass is 865 g/mol. The second-order valence-electron chi connectivity index (χ2n) is 13.7. The van der Waals surface area contributed by atoms with Crippen molar-refractivity contribution in [2.45, 2.75) is 32.4 Å². The summed E-state index contributed by atoms with van der Waals surface area (Å²) < 4.78 is 51.4. The van der Waals surface area contributed by atoms with Gasteiger partial charge in [0.1, 0.15) is 23.4 Å². The van der Waals surface area contributed by atoms with Gasteiger partial charge in [0.25, 0.3) is 6.01 Å². The van der Waals surface area contributed by atoms with E-state index in [1.807, 2.05) is 28.9 Å². The number of aromatic nitrogens is 5.